The minimum absolute atomic E-state index is 0.421. The Bertz CT molecular complexity index is 442. The molecule has 0 aromatic carbocycles. The van der Waals surface area contributed by atoms with E-state index in [0.29, 0.717) is 5.92 Å². The van der Waals surface area contributed by atoms with Crippen LogP contribution in [0.5, 0.6) is 0 Å². The van der Waals surface area contributed by atoms with Crippen molar-refractivity contribution in [3.05, 3.63) is 48.7 Å². The maximum absolute atomic E-state index is 4.80. The molecule has 0 saturated carbocycles. The molecule has 0 aliphatic carbocycles. The van der Waals surface area contributed by atoms with Gasteiger partial charge in [0, 0.05) is 25.3 Å². The number of hydrogen-bond acceptors (Lipinski definition) is 3. The average molecular weight is 287 g/mol. The first-order chi connectivity index (χ1) is 10.1. The maximum atomic E-state index is 4.80. The van der Waals surface area contributed by atoms with Crippen molar-refractivity contribution in [3.63, 3.8) is 0 Å². The summed E-state index contributed by atoms with van der Waals surface area (Å²) in [5.41, 5.74) is 2.43. The van der Waals surface area contributed by atoms with Gasteiger partial charge in [0.25, 0.3) is 0 Å². The fourth-order valence-corrected chi connectivity index (χ4v) is 2.14. The average Bonchev–Trinajstić information content (AvgIpc) is 2.47. The number of anilines is 1. The van der Waals surface area contributed by atoms with Gasteiger partial charge >= 0.3 is 0 Å². The van der Waals surface area contributed by atoms with E-state index in [2.05, 4.69) is 56.3 Å². The van der Waals surface area contributed by atoms with Crippen molar-refractivity contribution in [3.8, 4) is 0 Å². The topological polar surface area (TPSA) is 28.2 Å². The van der Waals surface area contributed by atoms with Crippen molar-refractivity contribution < 1.29 is 0 Å². The van der Waals surface area contributed by atoms with E-state index in [9.17, 15) is 0 Å². The lowest BCUT2D eigenvalue weighted by molar-refractivity contribution is 0.672. The van der Waals surface area contributed by atoms with E-state index >= 15 is 0 Å². The molecule has 1 aromatic rings. The minimum Gasteiger partial charge on any atom is -0.349 e. The van der Waals surface area contributed by atoms with Gasteiger partial charge in [0.15, 0.2) is 0 Å². The third-order valence-electron chi connectivity index (χ3n) is 3.26. The van der Waals surface area contributed by atoms with Gasteiger partial charge in [-0.05, 0) is 36.6 Å². The van der Waals surface area contributed by atoms with Crippen molar-refractivity contribution >= 4 is 5.82 Å². The predicted molar refractivity (Wildman–Crippen MR) is 92.9 cm³/mol. The van der Waals surface area contributed by atoms with Crippen LogP contribution in [0.15, 0.2) is 37.4 Å². The van der Waals surface area contributed by atoms with Crippen LogP contribution in [0, 0.1) is 0 Å². The van der Waals surface area contributed by atoms with E-state index in [1.54, 1.807) is 0 Å². The molecule has 0 spiro atoms. The van der Waals surface area contributed by atoms with Gasteiger partial charge in [-0.3, -0.25) is 0 Å². The van der Waals surface area contributed by atoms with E-state index in [1.807, 2.05) is 12.2 Å². The second kappa shape index (κ2) is 9.35. The number of pyridine rings is 1. The van der Waals surface area contributed by atoms with Crippen molar-refractivity contribution in [1.29, 1.82) is 0 Å². The molecule has 0 bridgehead atoms. The molecule has 0 saturated heterocycles. The van der Waals surface area contributed by atoms with Crippen LogP contribution in [0.1, 0.15) is 44.4 Å². The van der Waals surface area contributed by atoms with E-state index in [0.717, 1.165) is 44.1 Å². The Kier molecular flexibility index (Phi) is 7.76. The fourth-order valence-electron chi connectivity index (χ4n) is 2.14. The molecule has 3 heteroatoms. The lowest BCUT2D eigenvalue weighted by atomic mass is 10.1. The second-order valence-corrected chi connectivity index (χ2v) is 5.57. The monoisotopic (exact) mass is 287 g/mol. The molecule has 0 aliphatic heterocycles. The highest BCUT2D eigenvalue weighted by Gasteiger charge is 2.10. The van der Waals surface area contributed by atoms with Crippen LogP contribution >= 0.6 is 0 Å². The lowest BCUT2D eigenvalue weighted by Gasteiger charge is -2.22. The summed E-state index contributed by atoms with van der Waals surface area (Å²) in [6.45, 7) is 17.7. The predicted octanol–water partition coefficient (Wildman–Crippen LogP) is 3.88. The highest BCUT2D eigenvalue weighted by atomic mass is 15.2. The van der Waals surface area contributed by atoms with E-state index in [1.165, 1.54) is 5.56 Å². The zero-order chi connectivity index (χ0) is 15.7. The smallest absolute Gasteiger partial charge is 0.129 e. The molecule has 0 aliphatic rings. The van der Waals surface area contributed by atoms with E-state index in [4.69, 9.17) is 4.98 Å². The first-order valence-electron chi connectivity index (χ1n) is 7.80. The molecule has 21 heavy (non-hydrogen) atoms. The zero-order valence-electron chi connectivity index (χ0n) is 13.7. The third kappa shape index (κ3) is 5.72. The molecule has 1 N–H and O–H groups in total. The molecule has 1 rings (SSSR count). The molecule has 0 amide bonds. The van der Waals surface area contributed by atoms with Crippen LogP contribution in [0.25, 0.3) is 0 Å². The van der Waals surface area contributed by atoms with Crippen LogP contribution in [0.3, 0.4) is 0 Å². The van der Waals surface area contributed by atoms with Crippen LogP contribution in [-0.4, -0.2) is 24.6 Å². The molecular weight excluding hydrogens is 258 g/mol. The maximum Gasteiger partial charge on any atom is 0.129 e. The largest absolute Gasteiger partial charge is 0.349 e. The summed E-state index contributed by atoms with van der Waals surface area (Å²) in [5, 5.41) is 3.46. The number of aromatic nitrogens is 1. The first-order valence-corrected chi connectivity index (χ1v) is 7.80. The van der Waals surface area contributed by atoms with Crippen LogP contribution in [-0.2, 0) is 6.54 Å². The fraction of sp³-hybridized carbons (Fsp3) is 0.500. The number of nitrogens with one attached hydrogen (secondary N) is 1. The standard InChI is InChI=1S/C18H29N3/c1-6-9-19-14-16-12-17(15(4)5)20-18(13-16)21(10-7-2)11-8-3/h7-8,12-13,15,19H,2-3,6,9-11,14H2,1,4-5H3. The Balaban J connectivity index is 3.04. The third-order valence-corrected chi connectivity index (χ3v) is 3.26. The van der Waals surface area contributed by atoms with E-state index < -0.39 is 0 Å². The van der Waals surface area contributed by atoms with E-state index in [-0.39, 0.29) is 0 Å². The van der Waals surface area contributed by atoms with Gasteiger partial charge in [-0.15, -0.1) is 13.2 Å². The Hall–Kier alpha value is -1.61. The quantitative estimate of drug-likeness (QED) is 0.523. The van der Waals surface area contributed by atoms with Crippen molar-refractivity contribution in [2.24, 2.45) is 0 Å². The molecule has 1 heterocycles. The molecule has 0 radical (unpaired) electrons. The van der Waals surface area contributed by atoms with Gasteiger partial charge < -0.3 is 10.2 Å². The zero-order valence-corrected chi connectivity index (χ0v) is 13.7. The number of nitrogens with zero attached hydrogens (tertiary/aromatic N) is 2. The summed E-state index contributed by atoms with van der Waals surface area (Å²) >= 11 is 0. The summed E-state index contributed by atoms with van der Waals surface area (Å²) in [6, 6.07) is 4.37. The van der Waals surface area contributed by atoms with Gasteiger partial charge in [0.1, 0.15) is 5.82 Å². The van der Waals surface area contributed by atoms with Crippen LogP contribution < -0.4 is 10.2 Å². The Morgan fingerprint density at radius 1 is 1.24 bits per heavy atom. The molecule has 1 aromatic heterocycles. The molecule has 116 valence electrons. The highest BCUT2D eigenvalue weighted by Crippen LogP contribution is 2.20. The molecule has 3 nitrogen and oxygen atoms in total. The van der Waals surface area contributed by atoms with Gasteiger partial charge in [0.05, 0.1) is 0 Å². The Morgan fingerprint density at radius 3 is 2.43 bits per heavy atom. The lowest BCUT2D eigenvalue weighted by Crippen LogP contribution is -2.25. The second-order valence-electron chi connectivity index (χ2n) is 5.57. The van der Waals surface area contributed by atoms with Gasteiger partial charge in [-0.1, -0.05) is 32.9 Å². The molecule has 0 unspecified atom stereocenters. The van der Waals surface area contributed by atoms with Crippen molar-refractivity contribution in [2.45, 2.75) is 39.7 Å². The van der Waals surface area contributed by atoms with Crippen LogP contribution in [0.4, 0.5) is 5.82 Å². The Labute approximate surface area is 129 Å². The Morgan fingerprint density at radius 2 is 1.90 bits per heavy atom. The molecular formula is C18H29N3. The normalized spacial score (nSPS) is 10.7. The van der Waals surface area contributed by atoms with Crippen molar-refractivity contribution in [1.82, 2.24) is 10.3 Å². The van der Waals surface area contributed by atoms with Crippen molar-refractivity contribution in [2.75, 3.05) is 24.5 Å². The summed E-state index contributed by atoms with van der Waals surface area (Å²) in [4.78, 5) is 6.99. The van der Waals surface area contributed by atoms with Gasteiger partial charge in [-0.25, -0.2) is 4.98 Å². The summed E-state index contributed by atoms with van der Waals surface area (Å²) in [7, 11) is 0. The minimum atomic E-state index is 0.421. The summed E-state index contributed by atoms with van der Waals surface area (Å²) in [5.74, 6) is 1.43. The first kappa shape index (κ1) is 17.4. The van der Waals surface area contributed by atoms with Crippen LogP contribution in [0.2, 0.25) is 0 Å². The molecule has 0 fully saturated rings. The summed E-state index contributed by atoms with van der Waals surface area (Å²) < 4.78 is 0. The number of hydrogen-bond donors (Lipinski definition) is 1. The SMILES string of the molecule is C=CCN(CC=C)c1cc(CNCCC)cc(C(C)C)n1. The summed E-state index contributed by atoms with van der Waals surface area (Å²) in [6.07, 6.45) is 4.96. The number of rotatable bonds is 10. The molecule has 0 atom stereocenters. The highest BCUT2D eigenvalue weighted by molar-refractivity contribution is 5.44. The van der Waals surface area contributed by atoms with Gasteiger partial charge in [0.2, 0.25) is 0 Å². The van der Waals surface area contributed by atoms with Gasteiger partial charge in [-0.2, -0.15) is 0 Å².